The smallest absolute Gasteiger partial charge is 0.344 e. The number of rotatable bonds is 6. The molecule has 0 fully saturated rings. The van der Waals surface area contributed by atoms with E-state index in [4.69, 9.17) is 32.7 Å². The Bertz CT molecular complexity index is 762. The third-order valence-electron chi connectivity index (χ3n) is 3.37. The van der Waals surface area contributed by atoms with Gasteiger partial charge in [-0.05, 0) is 55.8 Å². The lowest BCUT2D eigenvalue weighted by atomic mass is 10.2. The molecule has 1 atom stereocenters. The van der Waals surface area contributed by atoms with Crippen LogP contribution in [0.4, 0.5) is 5.69 Å². The van der Waals surface area contributed by atoms with Crippen LogP contribution < -0.4 is 10.1 Å². The molecule has 0 spiro atoms. The maximum atomic E-state index is 12.1. The highest BCUT2D eigenvalue weighted by molar-refractivity contribution is 6.31. The molecule has 0 bridgehead atoms. The average Bonchev–Trinajstić information content (AvgIpc) is 2.58. The number of nitrogens with one attached hydrogen (secondary N) is 1. The zero-order chi connectivity index (χ0) is 18.4. The molecule has 132 valence electrons. The van der Waals surface area contributed by atoms with E-state index in [1.54, 1.807) is 49.4 Å². The van der Waals surface area contributed by atoms with E-state index in [2.05, 4.69) is 5.32 Å². The Kier molecular flexibility index (Phi) is 6.67. The quantitative estimate of drug-likeness (QED) is 0.759. The molecule has 0 unspecified atom stereocenters. The molecule has 0 saturated heterocycles. The van der Waals surface area contributed by atoms with Gasteiger partial charge in [-0.25, -0.2) is 4.79 Å². The molecule has 25 heavy (non-hydrogen) atoms. The normalized spacial score (nSPS) is 11.5. The first kappa shape index (κ1) is 19.1. The second-order valence-corrected chi connectivity index (χ2v) is 6.12. The number of carbonyl (C=O) groups is 2. The standard InChI is InChI=1S/C18H17Cl2NO4/c1-11-15(20)4-3-5-16(11)21-18(23)12(2)25-17(22)10-24-14-8-6-13(19)7-9-14/h3-9,12H,10H2,1-2H3,(H,21,23)/t12-/m0/s1. The van der Waals surface area contributed by atoms with Crippen LogP contribution in [0.3, 0.4) is 0 Å². The predicted octanol–water partition coefficient (Wildman–Crippen LogP) is 4.25. The summed E-state index contributed by atoms with van der Waals surface area (Å²) in [6, 6.07) is 11.7. The van der Waals surface area contributed by atoms with Crippen LogP contribution in [-0.4, -0.2) is 24.6 Å². The van der Waals surface area contributed by atoms with Crippen molar-refractivity contribution >= 4 is 40.8 Å². The number of hydrogen-bond donors (Lipinski definition) is 1. The lowest BCUT2D eigenvalue weighted by Gasteiger charge is -2.15. The minimum atomic E-state index is -0.973. The van der Waals surface area contributed by atoms with E-state index in [0.717, 1.165) is 5.56 Å². The van der Waals surface area contributed by atoms with Crippen LogP contribution in [0.2, 0.25) is 10.0 Å². The van der Waals surface area contributed by atoms with Gasteiger partial charge in [-0.1, -0.05) is 29.3 Å². The summed E-state index contributed by atoms with van der Waals surface area (Å²) in [7, 11) is 0. The SMILES string of the molecule is Cc1c(Cl)cccc1NC(=O)[C@H](C)OC(=O)COc1ccc(Cl)cc1. The van der Waals surface area contributed by atoms with Crippen molar-refractivity contribution in [2.24, 2.45) is 0 Å². The van der Waals surface area contributed by atoms with Crippen molar-refractivity contribution in [3.8, 4) is 5.75 Å². The van der Waals surface area contributed by atoms with Crippen LogP contribution >= 0.6 is 23.2 Å². The fourth-order valence-electron chi connectivity index (χ4n) is 1.94. The fourth-order valence-corrected chi connectivity index (χ4v) is 2.24. The Hall–Kier alpha value is -2.24. The number of esters is 1. The lowest BCUT2D eigenvalue weighted by molar-refractivity contribution is -0.155. The van der Waals surface area contributed by atoms with Crippen molar-refractivity contribution in [1.82, 2.24) is 0 Å². The number of hydrogen-bond acceptors (Lipinski definition) is 4. The van der Waals surface area contributed by atoms with Crippen molar-refractivity contribution < 1.29 is 19.1 Å². The van der Waals surface area contributed by atoms with Crippen LogP contribution in [0.1, 0.15) is 12.5 Å². The van der Waals surface area contributed by atoms with E-state index in [0.29, 0.717) is 21.5 Å². The maximum Gasteiger partial charge on any atom is 0.344 e. The summed E-state index contributed by atoms with van der Waals surface area (Å²) in [6.07, 6.45) is -0.973. The second kappa shape index (κ2) is 8.74. The Labute approximate surface area is 155 Å². The van der Waals surface area contributed by atoms with Crippen LogP contribution in [0, 0.1) is 6.92 Å². The van der Waals surface area contributed by atoms with E-state index in [1.165, 1.54) is 6.92 Å². The molecular formula is C18H17Cl2NO4. The predicted molar refractivity (Wildman–Crippen MR) is 97.3 cm³/mol. The van der Waals surface area contributed by atoms with Gasteiger partial charge in [0.1, 0.15) is 5.75 Å². The molecule has 2 rings (SSSR count). The Morgan fingerprint density at radius 1 is 1.12 bits per heavy atom. The van der Waals surface area contributed by atoms with Crippen molar-refractivity contribution in [2.45, 2.75) is 20.0 Å². The van der Waals surface area contributed by atoms with E-state index in [1.807, 2.05) is 0 Å². The molecule has 0 aliphatic rings. The summed E-state index contributed by atoms with van der Waals surface area (Å²) in [5.41, 5.74) is 1.31. The molecule has 0 aliphatic carbocycles. The monoisotopic (exact) mass is 381 g/mol. The van der Waals surface area contributed by atoms with Gasteiger partial charge in [0.15, 0.2) is 12.7 Å². The third-order valence-corrected chi connectivity index (χ3v) is 4.03. The number of ether oxygens (including phenoxy) is 2. The van der Waals surface area contributed by atoms with Gasteiger partial charge in [-0.3, -0.25) is 4.79 Å². The molecule has 1 N–H and O–H groups in total. The molecule has 7 heteroatoms. The van der Waals surface area contributed by atoms with Crippen molar-refractivity contribution in [1.29, 1.82) is 0 Å². The molecular weight excluding hydrogens is 365 g/mol. The van der Waals surface area contributed by atoms with E-state index in [9.17, 15) is 9.59 Å². The minimum Gasteiger partial charge on any atom is -0.482 e. The van der Waals surface area contributed by atoms with Crippen LogP contribution in [0.25, 0.3) is 0 Å². The van der Waals surface area contributed by atoms with Gasteiger partial charge < -0.3 is 14.8 Å². The summed E-state index contributed by atoms with van der Waals surface area (Å²) in [6.45, 7) is 2.96. The van der Waals surface area contributed by atoms with Crippen molar-refractivity contribution in [3.63, 3.8) is 0 Å². The summed E-state index contributed by atoms with van der Waals surface area (Å²) in [4.78, 5) is 23.9. The highest BCUT2D eigenvalue weighted by Gasteiger charge is 2.19. The number of carbonyl (C=O) groups excluding carboxylic acids is 2. The van der Waals surface area contributed by atoms with Gasteiger partial charge in [0.05, 0.1) is 0 Å². The van der Waals surface area contributed by atoms with E-state index < -0.39 is 18.0 Å². The Morgan fingerprint density at radius 2 is 1.80 bits per heavy atom. The van der Waals surface area contributed by atoms with Gasteiger partial charge in [-0.2, -0.15) is 0 Å². The first-order valence-corrected chi connectivity index (χ1v) is 8.26. The zero-order valence-electron chi connectivity index (χ0n) is 13.7. The third kappa shape index (κ3) is 5.66. The molecule has 0 radical (unpaired) electrons. The highest BCUT2D eigenvalue weighted by atomic mass is 35.5. The van der Waals surface area contributed by atoms with Crippen LogP contribution in [0.5, 0.6) is 5.75 Å². The van der Waals surface area contributed by atoms with Crippen molar-refractivity contribution in [2.75, 3.05) is 11.9 Å². The largest absolute Gasteiger partial charge is 0.482 e. The summed E-state index contributed by atoms with van der Waals surface area (Å²) >= 11 is 11.8. The van der Waals surface area contributed by atoms with E-state index >= 15 is 0 Å². The van der Waals surface area contributed by atoms with Gasteiger partial charge in [0.25, 0.3) is 5.91 Å². The second-order valence-electron chi connectivity index (χ2n) is 5.28. The van der Waals surface area contributed by atoms with Crippen molar-refractivity contribution in [3.05, 3.63) is 58.1 Å². The molecule has 0 aromatic heterocycles. The number of benzene rings is 2. The highest BCUT2D eigenvalue weighted by Crippen LogP contribution is 2.23. The molecule has 1 amide bonds. The van der Waals surface area contributed by atoms with Crippen LogP contribution in [-0.2, 0) is 14.3 Å². The van der Waals surface area contributed by atoms with Crippen LogP contribution in [0.15, 0.2) is 42.5 Å². The molecule has 0 aliphatic heterocycles. The lowest BCUT2D eigenvalue weighted by Crippen LogP contribution is -2.31. The molecule has 0 heterocycles. The summed E-state index contributed by atoms with van der Waals surface area (Å²) in [5, 5.41) is 3.79. The minimum absolute atomic E-state index is 0.310. The Balaban J connectivity index is 1.84. The molecule has 5 nitrogen and oxygen atoms in total. The average molecular weight is 382 g/mol. The number of amides is 1. The molecule has 0 saturated carbocycles. The fraction of sp³-hybridized carbons (Fsp3) is 0.222. The zero-order valence-corrected chi connectivity index (χ0v) is 15.2. The van der Waals surface area contributed by atoms with E-state index in [-0.39, 0.29) is 6.61 Å². The molecule has 2 aromatic carbocycles. The Morgan fingerprint density at radius 3 is 2.48 bits per heavy atom. The summed E-state index contributed by atoms with van der Waals surface area (Å²) in [5.74, 6) is -0.626. The number of halogens is 2. The van der Waals surface area contributed by atoms with Gasteiger partial charge >= 0.3 is 5.97 Å². The first-order chi connectivity index (χ1) is 11.9. The van der Waals surface area contributed by atoms with Gasteiger partial charge in [0, 0.05) is 15.7 Å². The topological polar surface area (TPSA) is 64.6 Å². The maximum absolute atomic E-state index is 12.1. The van der Waals surface area contributed by atoms with Gasteiger partial charge in [0.2, 0.25) is 0 Å². The summed E-state index contributed by atoms with van der Waals surface area (Å²) < 4.78 is 10.3. The van der Waals surface area contributed by atoms with Gasteiger partial charge in [-0.15, -0.1) is 0 Å². The number of anilines is 1. The first-order valence-electron chi connectivity index (χ1n) is 7.50. The molecule has 2 aromatic rings.